The quantitative estimate of drug-likeness (QED) is 0.658. The SMILES string of the molecule is Cc1ccc(N(C)C(=O)c2ccc(OCC(=CF)CN)cc2)cc1.O=C(O)C(F)(F)F. The van der Waals surface area contributed by atoms with Crippen molar-refractivity contribution in [3.8, 4) is 5.75 Å². The third-order valence-electron chi connectivity index (χ3n) is 3.91. The van der Waals surface area contributed by atoms with Gasteiger partial charge < -0.3 is 20.5 Å². The fourth-order valence-corrected chi connectivity index (χ4v) is 2.08. The van der Waals surface area contributed by atoms with Crippen LogP contribution in [0.25, 0.3) is 0 Å². The number of carbonyl (C=O) groups is 2. The van der Waals surface area contributed by atoms with E-state index in [9.17, 15) is 22.4 Å². The number of ether oxygens (including phenoxy) is 1. The monoisotopic (exact) mass is 442 g/mol. The molecule has 2 aromatic rings. The molecule has 0 fully saturated rings. The predicted molar refractivity (Wildman–Crippen MR) is 108 cm³/mol. The molecule has 2 rings (SSSR count). The Hall–Kier alpha value is -3.40. The average Bonchev–Trinajstić information content (AvgIpc) is 2.74. The van der Waals surface area contributed by atoms with Crippen LogP contribution in [0.1, 0.15) is 15.9 Å². The number of alkyl halides is 3. The van der Waals surface area contributed by atoms with Gasteiger partial charge in [-0.3, -0.25) is 4.79 Å². The smallest absolute Gasteiger partial charge is 0.489 e. The second-order valence-corrected chi connectivity index (χ2v) is 6.29. The second kappa shape index (κ2) is 11.7. The number of aliphatic carboxylic acids is 1. The molecule has 0 saturated carbocycles. The molecule has 0 atom stereocenters. The third-order valence-corrected chi connectivity index (χ3v) is 3.91. The van der Waals surface area contributed by atoms with Gasteiger partial charge in [0, 0.05) is 30.4 Å². The summed E-state index contributed by atoms with van der Waals surface area (Å²) in [7, 11) is 1.73. The van der Waals surface area contributed by atoms with E-state index < -0.39 is 12.1 Å². The Balaban J connectivity index is 0.000000592. The van der Waals surface area contributed by atoms with E-state index in [2.05, 4.69) is 0 Å². The molecule has 0 radical (unpaired) electrons. The number of nitrogens with two attached hydrogens (primary N) is 1. The third kappa shape index (κ3) is 8.47. The molecule has 10 heteroatoms. The molecule has 3 N–H and O–H groups in total. The Morgan fingerprint density at radius 3 is 2.03 bits per heavy atom. The first-order valence-electron chi connectivity index (χ1n) is 8.85. The summed E-state index contributed by atoms with van der Waals surface area (Å²) >= 11 is 0. The van der Waals surface area contributed by atoms with E-state index in [1.54, 1.807) is 36.2 Å². The van der Waals surface area contributed by atoms with E-state index >= 15 is 0 Å². The van der Waals surface area contributed by atoms with Crippen molar-refractivity contribution in [1.29, 1.82) is 0 Å². The van der Waals surface area contributed by atoms with Gasteiger partial charge in [-0.2, -0.15) is 13.2 Å². The van der Waals surface area contributed by atoms with Gasteiger partial charge in [0.2, 0.25) is 0 Å². The number of aryl methyl sites for hydroxylation is 1. The number of benzene rings is 2. The summed E-state index contributed by atoms with van der Waals surface area (Å²) in [5, 5.41) is 7.12. The molecule has 168 valence electrons. The van der Waals surface area contributed by atoms with E-state index in [0.717, 1.165) is 11.3 Å². The van der Waals surface area contributed by atoms with Gasteiger partial charge in [0.1, 0.15) is 12.4 Å². The van der Waals surface area contributed by atoms with Crippen LogP contribution in [0.3, 0.4) is 0 Å². The van der Waals surface area contributed by atoms with Crippen molar-refractivity contribution in [2.45, 2.75) is 13.1 Å². The van der Waals surface area contributed by atoms with Crippen molar-refractivity contribution < 1.29 is 37.0 Å². The highest BCUT2D eigenvalue weighted by Crippen LogP contribution is 2.19. The molecule has 1 amide bonds. The standard InChI is InChI=1S/C19H21FN2O2.C2HF3O2/c1-14-3-7-17(8-4-14)22(2)19(23)16-5-9-18(10-6-16)24-13-15(11-20)12-21;3-2(4,5)1(6)7/h3-11H,12-13,21H2,1-2H3;(H,6,7). The number of hydrogen-bond donors (Lipinski definition) is 2. The zero-order valence-electron chi connectivity index (χ0n) is 16.8. The predicted octanol–water partition coefficient (Wildman–Crippen LogP) is 4.10. The fourth-order valence-electron chi connectivity index (χ4n) is 2.08. The van der Waals surface area contributed by atoms with E-state index in [1.165, 1.54) is 0 Å². The number of anilines is 1. The van der Waals surface area contributed by atoms with Gasteiger partial charge in [0.25, 0.3) is 5.91 Å². The molecule has 6 nitrogen and oxygen atoms in total. The van der Waals surface area contributed by atoms with E-state index in [0.29, 0.717) is 23.2 Å². The normalized spacial score (nSPS) is 11.3. The zero-order chi connectivity index (χ0) is 23.6. The fraction of sp³-hybridized carbons (Fsp3) is 0.238. The molecule has 0 bridgehead atoms. The molecule has 0 heterocycles. The molecule has 0 aliphatic carbocycles. The van der Waals surface area contributed by atoms with Crippen LogP contribution in [-0.4, -0.2) is 43.4 Å². The second-order valence-electron chi connectivity index (χ2n) is 6.29. The number of carbonyl (C=O) groups excluding carboxylic acids is 1. The molecular weight excluding hydrogens is 420 g/mol. The van der Waals surface area contributed by atoms with Crippen LogP contribution in [0.4, 0.5) is 23.2 Å². The molecule has 0 unspecified atom stereocenters. The minimum Gasteiger partial charge on any atom is -0.489 e. The van der Waals surface area contributed by atoms with Gasteiger partial charge in [-0.05, 0) is 43.3 Å². The molecule has 2 aromatic carbocycles. The van der Waals surface area contributed by atoms with Crippen LogP contribution >= 0.6 is 0 Å². The maximum absolute atomic E-state index is 12.5. The number of hydrogen-bond acceptors (Lipinski definition) is 4. The van der Waals surface area contributed by atoms with Crippen molar-refractivity contribution in [1.82, 2.24) is 0 Å². The lowest BCUT2D eigenvalue weighted by atomic mass is 10.1. The Bertz CT molecular complexity index is 895. The van der Waals surface area contributed by atoms with Gasteiger partial charge in [-0.1, -0.05) is 17.7 Å². The van der Waals surface area contributed by atoms with Gasteiger partial charge in [-0.25, -0.2) is 9.18 Å². The van der Waals surface area contributed by atoms with E-state index in [1.807, 2.05) is 31.2 Å². The highest BCUT2D eigenvalue weighted by Gasteiger charge is 2.38. The van der Waals surface area contributed by atoms with Crippen LogP contribution in [0.2, 0.25) is 0 Å². The number of carboxylic acids is 1. The van der Waals surface area contributed by atoms with Crippen LogP contribution in [0.15, 0.2) is 60.4 Å². The number of halogens is 4. The van der Waals surface area contributed by atoms with Crippen LogP contribution in [0.5, 0.6) is 5.75 Å². The summed E-state index contributed by atoms with van der Waals surface area (Å²) in [6.45, 7) is 2.19. The molecule has 0 aromatic heterocycles. The van der Waals surface area contributed by atoms with Gasteiger partial charge in [0.15, 0.2) is 0 Å². The van der Waals surface area contributed by atoms with Crippen molar-refractivity contribution in [3.05, 3.63) is 71.6 Å². The summed E-state index contributed by atoms with van der Waals surface area (Å²) in [6, 6.07) is 14.5. The Kier molecular flexibility index (Phi) is 9.68. The lowest BCUT2D eigenvalue weighted by Crippen LogP contribution is -2.26. The van der Waals surface area contributed by atoms with Crippen LogP contribution in [-0.2, 0) is 4.79 Å². The molecule has 31 heavy (non-hydrogen) atoms. The first-order chi connectivity index (χ1) is 14.5. The number of amides is 1. The number of rotatable bonds is 6. The van der Waals surface area contributed by atoms with Crippen molar-refractivity contribution in [2.75, 3.05) is 25.1 Å². The first kappa shape index (κ1) is 25.6. The minimum atomic E-state index is -5.08. The number of nitrogens with zero attached hydrogens (tertiary/aromatic N) is 1. The highest BCUT2D eigenvalue weighted by molar-refractivity contribution is 6.05. The topological polar surface area (TPSA) is 92.9 Å². The molecular formula is C21H22F4N2O4. The van der Waals surface area contributed by atoms with Gasteiger partial charge in [0.05, 0.1) is 6.33 Å². The Morgan fingerprint density at radius 1 is 1.10 bits per heavy atom. The minimum absolute atomic E-state index is 0.0869. The van der Waals surface area contributed by atoms with Crippen molar-refractivity contribution in [3.63, 3.8) is 0 Å². The van der Waals surface area contributed by atoms with Crippen LogP contribution in [0, 0.1) is 6.92 Å². The largest absolute Gasteiger partial charge is 0.490 e. The van der Waals surface area contributed by atoms with E-state index in [4.69, 9.17) is 20.4 Å². The summed E-state index contributed by atoms with van der Waals surface area (Å²) in [6.07, 6.45) is -4.63. The lowest BCUT2D eigenvalue weighted by Gasteiger charge is -2.18. The summed E-state index contributed by atoms with van der Waals surface area (Å²) in [5.74, 6) is -2.32. The Morgan fingerprint density at radius 2 is 1.61 bits per heavy atom. The maximum atomic E-state index is 12.5. The van der Waals surface area contributed by atoms with Gasteiger partial charge >= 0.3 is 12.1 Å². The molecule has 0 saturated heterocycles. The Labute approximate surface area is 176 Å². The summed E-state index contributed by atoms with van der Waals surface area (Å²) in [4.78, 5) is 23.0. The van der Waals surface area contributed by atoms with Crippen molar-refractivity contribution >= 4 is 17.6 Å². The molecule has 0 spiro atoms. The maximum Gasteiger partial charge on any atom is 0.490 e. The van der Waals surface area contributed by atoms with Crippen molar-refractivity contribution in [2.24, 2.45) is 5.73 Å². The first-order valence-corrected chi connectivity index (χ1v) is 8.85. The summed E-state index contributed by atoms with van der Waals surface area (Å²) < 4.78 is 49.6. The average molecular weight is 442 g/mol. The van der Waals surface area contributed by atoms with Gasteiger partial charge in [-0.15, -0.1) is 0 Å². The molecule has 0 aliphatic heterocycles. The number of carboxylic acid groups (broad SMARTS) is 1. The summed E-state index contributed by atoms with van der Waals surface area (Å²) in [5.41, 5.74) is 8.25. The highest BCUT2D eigenvalue weighted by atomic mass is 19.4. The zero-order valence-corrected chi connectivity index (χ0v) is 16.8. The van der Waals surface area contributed by atoms with Crippen LogP contribution < -0.4 is 15.4 Å². The lowest BCUT2D eigenvalue weighted by molar-refractivity contribution is -0.192. The van der Waals surface area contributed by atoms with E-state index in [-0.39, 0.29) is 19.1 Å². The molecule has 0 aliphatic rings.